The summed E-state index contributed by atoms with van der Waals surface area (Å²) < 4.78 is 12.1. The van der Waals surface area contributed by atoms with E-state index in [4.69, 9.17) is 21.1 Å². The number of fused-ring (bicyclic) bond motifs is 1. The SMILES string of the molecule is COC(=O)c1nc2n(n1)C(c1cccc(Cl)c1)C(C(=O)OC1CCCCC1)=C(C)N2. The van der Waals surface area contributed by atoms with E-state index in [1.807, 2.05) is 6.07 Å². The van der Waals surface area contributed by atoms with Gasteiger partial charge in [-0.25, -0.2) is 14.3 Å². The molecule has 0 saturated heterocycles. The van der Waals surface area contributed by atoms with Crippen LogP contribution in [0.25, 0.3) is 0 Å². The number of esters is 2. The zero-order chi connectivity index (χ0) is 21.3. The van der Waals surface area contributed by atoms with Crippen molar-refractivity contribution < 1.29 is 19.1 Å². The van der Waals surface area contributed by atoms with Crippen molar-refractivity contribution in [1.29, 1.82) is 0 Å². The van der Waals surface area contributed by atoms with Crippen LogP contribution < -0.4 is 5.32 Å². The standard InChI is InChI=1S/C21H23ClN4O4/c1-12-16(19(27)30-15-9-4-3-5-10-15)17(13-7-6-8-14(22)11-13)26-21(23-12)24-18(25-26)20(28)29-2/h6-8,11,15,17H,3-5,9-10H2,1-2H3,(H,23,24,25). The van der Waals surface area contributed by atoms with Gasteiger partial charge in [0.15, 0.2) is 0 Å². The average Bonchev–Trinajstić information content (AvgIpc) is 3.16. The first kappa shape index (κ1) is 20.4. The second-order valence-electron chi connectivity index (χ2n) is 7.48. The summed E-state index contributed by atoms with van der Waals surface area (Å²) in [6.07, 6.45) is 4.93. The molecule has 9 heteroatoms. The van der Waals surface area contributed by atoms with Gasteiger partial charge < -0.3 is 14.8 Å². The second kappa shape index (κ2) is 8.47. The smallest absolute Gasteiger partial charge is 0.378 e. The minimum absolute atomic E-state index is 0.0886. The quantitative estimate of drug-likeness (QED) is 0.735. The largest absolute Gasteiger partial charge is 0.463 e. The molecule has 2 heterocycles. The van der Waals surface area contributed by atoms with Gasteiger partial charge in [0.1, 0.15) is 12.1 Å². The van der Waals surface area contributed by atoms with Crippen LogP contribution >= 0.6 is 11.6 Å². The Labute approximate surface area is 179 Å². The number of nitrogens with zero attached hydrogens (tertiary/aromatic N) is 3. The number of carbonyl (C=O) groups excluding carboxylic acids is 2. The van der Waals surface area contributed by atoms with Crippen LogP contribution in [0.5, 0.6) is 0 Å². The Hall–Kier alpha value is -2.87. The Bertz CT molecular complexity index is 1010. The first-order valence-corrected chi connectivity index (χ1v) is 10.3. The summed E-state index contributed by atoms with van der Waals surface area (Å²) in [4.78, 5) is 29.4. The van der Waals surface area contributed by atoms with E-state index < -0.39 is 18.0 Å². The number of rotatable bonds is 4. The minimum Gasteiger partial charge on any atom is -0.463 e. The van der Waals surface area contributed by atoms with E-state index in [-0.39, 0.29) is 11.9 Å². The molecule has 1 aromatic heterocycles. The van der Waals surface area contributed by atoms with Crippen LogP contribution in [0.1, 0.15) is 61.3 Å². The van der Waals surface area contributed by atoms with Gasteiger partial charge >= 0.3 is 11.9 Å². The number of aromatic nitrogens is 3. The van der Waals surface area contributed by atoms with Crippen molar-refractivity contribution >= 4 is 29.5 Å². The number of halogens is 1. The second-order valence-corrected chi connectivity index (χ2v) is 7.92. The minimum atomic E-state index is -0.660. The van der Waals surface area contributed by atoms with Gasteiger partial charge in [0.25, 0.3) is 5.82 Å². The summed E-state index contributed by atoms with van der Waals surface area (Å²) in [5.41, 5.74) is 1.75. The van der Waals surface area contributed by atoms with Gasteiger partial charge in [-0.1, -0.05) is 30.2 Å². The third-order valence-corrected chi connectivity index (χ3v) is 5.67. The summed E-state index contributed by atoms with van der Waals surface area (Å²) in [5.74, 6) is -0.820. The molecule has 1 unspecified atom stereocenters. The normalized spacial score (nSPS) is 19.1. The summed E-state index contributed by atoms with van der Waals surface area (Å²) in [6, 6.07) is 6.54. The monoisotopic (exact) mass is 430 g/mol. The van der Waals surface area contributed by atoms with Gasteiger partial charge in [-0.15, -0.1) is 5.10 Å². The summed E-state index contributed by atoms with van der Waals surface area (Å²) >= 11 is 6.22. The zero-order valence-corrected chi connectivity index (χ0v) is 17.6. The molecule has 0 spiro atoms. The van der Waals surface area contributed by atoms with Crippen LogP contribution in [-0.2, 0) is 14.3 Å². The molecule has 2 aromatic rings. The number of carbonyl (C=O) groups is 2. The van der Waals surface area contributed by atoms with Gasteiger partial charge in [0.2, 0.25) is 5.95 Å². The topological polar surface area (TPSA) is 95.3 Å². The Balaban J connectivity index is 1.75. The molecule has 4 rings (SSSR count). The maximum absolute atomic E-state index is 13.2. The highest BCUT2D eigenvalue weighted by atomic mass is 35.5. The van der Waals surface area contributed by atoms with E-state index in [9.17, 15) is 9.59 Å². The molecule has 1 N–H and O–H groups in total. The molecule has 1 aliphatic carbocycles. The molecule has 0 bridgehead atoms. The predicted octanol–water partition coefficient (Wildman–Crippen LogP) is 3.88. The maximum Gasteiger partial charge on any atom is 0.378 e. The third kappa shape index (κ3) is 3.92. The molecular formula is C21H23ClN4O4. The van der Waals surface area contributed by atoms with Crippen LogP contribution in [0.4, 0.5) is 5.95 Å². The van der Waals surface area contributed by atoms with Crippen molar-refractivity contribution in [3.05, 3.63) is 51.9 Å². The van der Waals surface area contributed by atoms with Crippen molar-refractivity contribution in [2.24, 2.45) is 0 Å². The van der Waals surface area contributed by atoms with E-state index >= 15 is 0 Å². The average molecular weight is 431 g/mol. The van der Waals surface area contributed by atoms with Crippen molar-refractivity contribution in [1.82, 2.24) is 14.8 Å². The Morgan fingerprint density at radius 2 is 1.97 bits per heavy atom. The zero-order valence-electron chi connectivity index (χ0n) is 16.9. The van der Waals surface area contributed by atoms with Gasteiger partial charge in [-0.05, 0) is 50.3 Å². The Morgan fingerprint density at radius 1 is 1.20 bits per heavy atom. The van der Waals surface area contributed by atoms with Crippen molar-refractivity contribution in [2.45, 2.75) is 51.2 Å². The number of hydrogen-bond acceptors (Lipinski definition) is 7. The van der Waals surface area contributed by atoms with Crippen LogP contribution in [-0.4, -0.2) is 39.9 Å². The van der Waals surface area contributed by atoms with Crippen molar-refractivity contribution in [3.8, 4) is 0 Å². The lowest BCUT2D eigenvalue weighted by Crippen LogP contribution is -2.32. The first-order chi connectivity index (χ1) is 14.5. The highest BCUT2D eigenvalue weighted by molar-refractivity contribution is 6.30. The lowest BCUT2D eigenvalue weighted by Gasteiger charge is -2.30. The third-order valence-electron chi connectivity index (χ3n) is 5.43. The summed E-state index contributed by atoms with van der Waals surface area (Å²) in [7, 11) is 1.26. The fourth-order valence-corrected chi connectivity index (χ4v) is 4.17. The van der Waals surface area contributed by atoms with E-state index in [0.717, 1.165) is 31.2 Å². The van der Waals surface area contributed by atoms with E-state index in [2.05, 4.69) is 15.4 Å². The maximum atomic E-state index is 13.2. The molecule has 1 atom stereocenters. The van der Waals surface area contributed by atoms with E-state index in [0.29, 0.717) is 22.2 Å². The molecule has 1 fully saturated rings. The molecule has 1 aliphatic heterocycles. The van der Waals surface area contributed by atoms with Crippen molar-refractivity contribution in [2.75, 3.05) is 12.4 Å². The fraction of sp³-hybridized carbons (Fsp3) is 0.429. The number of anilines is 1. The number of benzene rings is 1. The number of ether oxygens (including phenoxy) is 2. The molecule has 158 valence electrons. The van der Waals surface area contributed by atoms with E-state index in [1.165, 1.54) is 18.2 Å². The molecule has 8 nitrogen and oxygen atoms in total. The molecule has 0 amide bonds. The number of hydrogen-bond donors (Lipinski definition) is 1. The molecule has 1 aromatic carbocycles. The Kier molecular flexibility index (Phi) is 5.76. The molecule has 2 aliphatic rings. The van der Waals surface area contributed by atoms with E-state index in [1.54, 1.807) is 25.1 Å². The molecule has 1 saturated carbocycles. The van der Waals surface area contributed by atoms with Crippen LogP contribution in [0.15, 0.2) is 35.5 Å². The molecular weight excluding hydrogens is 408 g/mol. The van der Waals surface area contributed by atoms with Crippen LogP contribution in [0.2, 0.25) is 5.02 Å². The van der Waals surface area contributed by atoms with Gasteiger partial charge in [-0.2, -0.15) is 4.98 Å². The first-order valence-electron chi connectivity index (χ1n) is 9.97. The number of methoxy groups -OCH3 is 1. The summed E-state index contributed by atoms with van der Waals surface area (Å²) in [5, 5.41) is 7.90. The fourth-order valence-electron chi connectivity index (χ4n) is 3.98. The lowest BCUT2D eigenvalue weighted by molar-refractivity contribution is -0.146. The van der Waals surface area contributed by atoms with Crippen LogP contribution in [0, 0.1) is 0 Å². The molecule has 30 heavy (non-hydrogen) atoms. The van der Waals surface area contributed by atoms with Gasteiger partial charge in [0.05, 0.1) is 12.7 Å². The molecule has 0 radical (unpaired) electrons. The highest BCUT2D eigenvalue weighted by Gasteiger charge is 2.37. The van der Waals surface area contributed by atoms with Gasteiger partial charge in [0, 0.05) is 10.7 Å². The van der Waals surface area contributed by atoms with Crippen LogP contribution in [0.3, 0.4) is 0 Å². The Morgan fingerprint density at radius 3 is 2.67 bits per heavy atom. The lowest BCUT2D eigenvalue weighted by atomic mass is 9.95. The predicted molar refractivity (Wildman–Crippen MR) is 110 cm³/mol. The number of nitrogens with one attached hydrogen (secondary N) is 1. The summed E-state index contributed by atoms with van der Waals surface area (Å²) in [6.45, 7) is 1.78. The highest BCUT2D eigenvalue weighted by Crippen LogP contribution is 2.37. The number of allylic oxidation sites excluding steroid dienone is 1. The van der Waals surface area contributed by atoms with Crippen molar-refractivity contribution in [3.63, 3.8) is 0 Å². The van der Waals surface area contributed by atoms with Gasteiger partial charge in [-0.3, -0.25) is 0 Å².